The van der Waals surface area contributed by atoms with E-state index in [-0.39, 0.29) is 5.82 Å². The van der Waals surface area contributed by atoms with Crippen LogP contribution in [0.2, 0.25) is 0 Å². The first-order valence-corrected chi connectivity index (χ1v) is 10.4. The summed E-state index contributed by atoms with van der Waals surface area (Å²) in [6, 6.07) is 13.4. The molecular formula is C25H29FN2. The van der Waals surface area contributed by atoms with Crippen LogP contribution < -0.4 is 0 Å². The fourth-order valence-corrected chi connectivity index (χ4v) is 3.34. The van der Waals surface area contributed by atoms with Gasteiger partial charge in [0.25, 0.3) is 0 Å². The molecule has 0 atom stereocenters. The molecule has 2 aromatic carbocycles. The number of benzene rings is 2. The summed E-state index contributed by atoms with van der Waals surface area (Å²) in [6.45, 7) is 4.35. The zero-order chi connectivity index (χ0) is 19.8. The molecule has 0 radical (unpaired) electrons. The van der Waals surface area contributed by atoms with Crippen LogP contribution in [0.3, 0.4) is 0 Å². The van der Waals surface area contributed by atoms with Gasteiger partial charge in [-0.05, 0) is 48.4 Å². The van der Waals surface area contributed by atoms with Crippen molar-refractivity contribution in [1.82, 2.24) is 9.97 Å². The highest BCUT2D eigenvalue weighted by Crippen LogP contribution is 2.26. The summed E-state index contributed by atoms with van der Waals surface area (Å²) >= 11 is 0. The molecule has 0 aliphatic rings. The Hall–Kier alpha value is -2.55. The Balaban J connectivity index is 1.71. The predicted octanol–water partition coefficient (Wildman–Crippen LogP) is 7.03. The lowest BCUT2D eigenvalue weighted by atomic mass is 10.00. The van der Waals surface area contributed by atoms with E-state index in [1.165, 1.54) is 24.8 Å². The molecule has 28 heavy (non-hydrogen) atoms. The van der Waals surface area contributed by atoms with E-state index in [1.54, 1.807) is 6.07 Å². The number of unbranched alkanes of at least 4 members (excludes halogenated alkanes) is 3. The number of aromatic nitrogens is 2. The Morgan fingerprint density at radius 3 is 2.00 bits per heavy atom. The van der Waals surface area contributed by atoms with Crippen LogP contribution in [0.1, 0.15) is 57.1 Å². The topological polar surface area (TPSA) is 25.8 Å². The van der Waals surface area contributed by atoms with Crippen molar-refractivity contribution in [3.05, 3.63) is 71.8 Å². The van der Waals surface area contributed by atoms with Crippen LogP contribution in [0.15, 0.2) is 54.9 Å². The van der Waals surface area contributed by atoms with Crippen molar-refractivity contribution in [3.8, 4) is 22.5 Å². The van der Waals surface area contributed by atoms with E-state index in [4.69, 9.17) is 0 Å². The molecule has 1 aromatic heterocycles. The summed E-state index contributed by atoms with van der Waals surface area (Å²) in [6.07, 6.45) is 11.6. The lowest BCUT2D eigenvalue weighted by Crippen LogP contribution is -1.93. The maximum absolute atomic E-state index is 14.5. The first-order chi connectivity index (χ1) is 13.7. The quantitative estimate of drug-likeness (QED) is 0.375. The second kappa shape index (κ2) is 10.1. The monoisotopic (exact) mass is 376 g/mol. The van der Waals surface area contributed by atoms with Gasteiger partial charge in [0.1, 0.15) is 5.82 Å². The van der Waals surface area contributed by atoms with Gasteiger partial charge in [-0.2, -0.15) is 0 Å². The summed E-state index contributed by atoms with van der Waals surface area (Å²) in [7, 11) is 0. The molecule has 1 heterocycles. The van der Waals surface area contributed by atoms with Crippen LogP contribution in [0, 0.1) is 5.82 Å². The maximum atomic E-state index is 14.5. The normalized spacial score (nSPS) is 11.0. The fraction of sp³-hybridized carbons (Fsp3) is 0.360. The zero-order valence-corrected chi connectivity index (χ0v) is 16.9. The Bertz CT molecular complexity index is 870. The first kappa shape index (κ1) is 20.2. The summed E-state index contributed by atoms with van der Waals surface area (Å²) < 4.78 is 14.5. The van der Waals surface area contributed by atoms with E-state index in [1.807, 2.05) is 48.8 Å². The van der Waals surface area contributed by atoms with Crippen LogP contribution in [-0.2, 0) is 12.8 Å². The molecular weight excluding hydrogens is 347 g/mol. The van der Waals surface area contributed by atoms with Gasteiger partial charge in [-0.3, -0.25) is 0 Å². The van der Waals surface area contributed by atoms with Crippen molar-refractivity contribution in [1.29, 1.82) is 0 Å². The zero-order valence-electron chi connectivity index (χ0n) is 16.9. The highest BCUT2D eigenvalue weighted by Gasteiger charge is 2.08. The third-order valence-electron chi connectivity index (χ3n) is 5.08. The molecule has 0 aliphatic heterocycles. The van der Waals surface area contributed by atoms with E-state index >= 15 is 0 Å². The molecule has 3 aromatic rings. The van der Waals surface area contributed by atoms with E-state index in [0.29, 0.717) is 11.4 Å². The number of aryl methyl sites for hydroxylation is 2. The molecule has 3 rings (SSSR count). The molecule has 0 saturated carbocycles. The third kappa shape index (κ3) is 5.25. The highest BCUT2D eigenvalue weighted by atomic mass is 19.1. The Morgan fingerprint density at radius 2 is 1.36 bits per heavy atom. The van der Waals surface area contributed by atoms with E-state index in [9.17, 15) is 4.39 Å². The van der Waals surface area contributed by atoms with Gasteiger partial charge in [0.15, 0.2) is 5.82 Å². The standard InChI is InChI=1S/C25H29FN2/c1-3-5-7-9-20-17-27-25(28-18-20)22-13-11-21(12-14-22)23-15-10-19(8-6-4-2)16-24(23)26/h10-18H,3-9H2,1-2H3. The third-order valence-corrected chi connectivity index (χ3v) is 5.08. The second-order valence-corrected chi connectivity index (χ2v) is 7.37. The number of hydrogen-bond donors (Lipinski definition) is 0. The molecule has 0 aliphatic carbocycles. The SMILES string of the molecule is CCCCCc1cnc(-c2ccc(-c3ccc(CCCC)cc3F)cc2)nc1. The largest absolute Gasteiger partial charge is 0.236 e. The van der Waals surface area contributed by atoms with E-state index < -0.39 is 0 Å². The smallest absolute Gasteiger partial charge is 0.159 e. The van der Waals surface area contributed by atoms with Crippen molar-refractivity contribution >= 4 is 0 Å². The molecule has 3 heteroatoms. The van der Waals surface area contributed by atoms with Gasteiger partial charge in [-0.1, -0.05) is 69.5 Å². The van der Waals surface area contributed by atoms with Crippen LogP contribution in [0.4, 0.5) is 4.39 Å². The molecule has 0 N–H and O–H groups in total. The van der Waals surface area contributed by atoms with Gasteiger partial charge in [0.05, 0.1) is 0 Å². The number of halogens is 1. The van der Waals surface area contributed by atoms with Crippen molar-refractivity contribution in [2.24, 2.45) is 0 Å². The number of hydrogen-bond acceptors (Lipinski definition) is 2. The van der Waals surface area contributed by atoms with Crippen LogP contribution in [0.5, 0.6) is 0 Å². The Labute approximate surface area is 167 Å². The van der Waals surface area contributed by atoms with Crippen molar-refractivity contribution in [2.45, 2.75) is 58.8 Å². The summed E-state index contributed by atoms with van der Waals surface area (Å²) in [5.41, 5.74) is 4.70. The van der Waals surface area contributed by atoms with Crippen molar-refractivity contribution in [3.63, 3.8) is 0 Å². The Morgan fingerprint density at radius 1 is 0.714 bits per heavy atom. The van der Waals surface area contributed by atoms with Crippen LogP contribution in [0.25, 0.3) is 22.5 Å². The van der Waals surface area contributed by atoms with E-state index in [2.05, 4.69) is 23.8 Å². The molecule has 0 spiro atoms. The maximum Gasteiger partial charge on any atom is 0.159 e. The van der Waals surface area contributed by atoms with Crippen molar-refractivity contribution in [2.75, 3.05) is 0 Å². The lowest BCUT2D eigenvalue weighted by molar-refractivity contribution is 0.627. The van der Waals surface area contributed by atoms with Gasteiger partial charge >= 0.3 is 0 Å². The van der Waals surface area contributed by atoms with Crippen LogP contribution >= 0.6 is 0 Å². The van der Waals surface area contributed by atoms with Gasteiger partial charge in [-0.15, -0.1) is 0 Å². The molecule has 0 bridgehead atoms. The second-order valence-electron chi connectivity index (χ2n) is 7.37. The number of rotatable bonds is 9. The van der Waals surface area contributed by atoms with Gasteiger partial charge in [-0.25, -0.2) is 14.4 Å². The van der Waals surface area contributed by atoms with Gasteiger partial charge in [0.2, 0.25) is 0 Å². The minimum absolute atomic E-state index is 0.158. The molecule has 146 valence electrons. The van der Waals surface area contributed by atoms with Crippen molar-refractivity contribution < 1.29 is 4.39 Å². The predicted molar refractivity (Wildman–Crippen MR) is 115 cm³/mol. The van der Waals surface area contributed by atoms with Gasteiger partial charge < -0.3 is 0 Å². The first-order valence-electron chi connectivity index (χ1n) is 10.4. The summed E-state index contributed by atoms with van der Waals surface area (Å²) in [4.78, 5) is 9.01. The Kier molecular flexibility index (Phi) is 7.30. The minimum Gasteiger partial charge on any atom is -0.236 e. The average molecular weight is 377 g/mol. The molecule has 0 saturated heterocycles. The van der Waals surface area contributed by atoms with Crippen LogP contribution in [-0.4, -0.2) is 9.97 Å². The molecule has 0 amide bonds. The number of nitrogens with zero attached hydrogens (tertiary/aromatic N) is 2. The molecule has 2 nitrogen and oxygen atoms in total. The summed E-state index contributed by atoms with van der Waals surface area (Å²) in [5.74, 6) is 0.551. The summed E-state index contributed by atoms with van der Waals surface area (Å²) in [5, 5.41) is 0. The fourth-order valence-electron chi connectivity index (χ4n) is 3.34. The molecule has 0 fully saturated rings. The average Bonchev–Trinajstić information content (AvgIpc) is 2.73. The minimum atomic E-state index is -0.158. The highest BCUT2D eigenvalue weighted by molar-refractivity contribution is 5.68. The molecule has 0 unspecified atom stereocenters. The van der Waals surface area contributed by atoms with E-state index in [0.717, 1.165) is 42.4 Å². The van der Waals surface area contributed by atoms with Gasteiger partial charge in [0, 0.05) is 23.5 Å². The lowest BCUT2D eigenvalue weighted by Gasteiger charge is -2.08.